The van der Waals surface area contributed by atoms with Gasteiger partial charge in [-0.25, -0.2) is 4.98 Å². The summed E-state index contributed by atoms with van der Waals surface area (Å²) in [5.74, 6) is 0.371. The van der Waals surface area contributed by atoms with Gasteiger partial charge in [0.15, 0.2) is 0 Å². The zero-order valence-corrected chi connectivity index (χ0v) is 12.0. The van der Waals surface area contributed by atoms with E-state index in [0.717, 1.165) is 5.69 Å². The maximum Gasteiger partial charge on any atom is 0.256 e. The van der Waals surface area contributed by atoms with Gasteiger partial charge in [0.25, 0.3) is 5.56 Å². The highest BCUT2D eigenvalue weighted by atomic mass is 16.3. The Morgan fingerprint density at radius 2 is 2.29 bits per heavy atom. The first-order chi connectivity index (χ1) is 10.1. The summed E-state index contributed by atoms with van der Waals surface area (Å²) in [6.07, 6.45) is 6.01. The van der Waals surface area contributed by atoms with Gasteiger partial charge in [0.1, 0.15) is 5.76 Å². The molecule has 1 N–H and O–H groups in total. The number of nitrogens with zero attached hydrogens (tertiary/aromatic N) is 2. The molecule has 0 saturated carbocycles. The van der Waals surface area contributed by atoms with Crippen molar-refractivity contribution in [2.75, 3.05) is 6.54 Å². The molecular weight excluding hydrogens is 270 g/mol. The van der Waals surface area contributed by atoms with Crippen molar-refractivity contribution in [2.24, 2.45) is 0 Å². The fourth-order valence-corrected chi connectivity index (χ4v) is 1.74. The fourth-order valence-electron chi connectivity index (χ4n) is 1.74. The minimum Gasteiger partial charge on any atom is -0.465 e. The Morgan fingerprint density at radius 1 is 1.48 bits per heavy atom. The number of rotatable bonds is 5. The van der Waals surface area contributed by atoms with Crippen LogP contribution in [0.3, 0.4) is 0 Å². The van der Waals surface area contributed by atoms with Crippen LogP contribution in [0.1, 0.15) is 17.0 Å². The van der Waals surface area contributed by atoms with Crippen molar-refractivity contribution in [3.8, 4) is 0 Å². The van der Waals surface area contributed by atoms with Crippen LogP contribution in [0.5, 0.6) is 0 Å². The molecule has 1 amide bonds. The molecule has 0 bridgehead atoms. The minimum absolute atomic E-state index is 0.0807. The molecule has 0 fully saturated rings. The van der Waals surface area contributed by atoms with E-state index in [1.165, 1.54) is 23.2 Å². The molecule has 0 spiro atoms. The van der Waals surface area contributed by atoms with E-state index in [9.17, 15) is 9.59 Å². The third-order valence-corrected chi connectivity index (χ3v) is 3.11. The summed E-state index contributed by atoms with van der Waals surface area (Å²) in [5, 5.41) is 2.70. The van der Waals surface area contributed by atoms with Crippen LogP contribution < -0.4 is 10.9 Å². The average molecular weight is 287 g/mol. The highest BCUT2D eigenvalue weighted by Crippen LogP contribution is 2.01. The molecule has 0 aliphatic heterocycles. The lowest BCUT2D eigenvalue weighted by Gasteiger charge is -2.07. The number of carbonyl (C=O) groups excluding carboxylic acids is 1. The quantitative estimate of drug-likeness (QED) is 0.840. The molecule has 0 aliphatic rings. The molecule has 2 aromatic rings. The van der Waals surface area contributed by atoms with E-state index < -0.39 is 0 Å². The predicted molar refractivity (Wildman–Crippen MR) is 78.7 cm³/mol. The number of hydrogen-bond donors (Lipinski definition) is 1. The molecule has 0 unspecified atom stereocenters. The fraction of sp³-hybridized carbons (Fsp3) is 0.267. The molecule has 2 aromatic heterocycles. The lowest BCUT2D eigenvalue weighted by Crippen LogP contribution is -2.31. The van der Waals surface area contributed by atoms with Crippen molar-refractivity contribution in [1.82, 2.24) is 14.9 Å². The zero-order chi connectivity index (χ0) is 15.2. The molecule has 2 heterocycles. The van der Waals surface area contributed by atoms with Gasteiger partial charge in [-0.15, -0.1) is 0 Å². The number of carbonyl (C=O) groups is 1. The van der Waals surface area contributed by atoms with Crippen LogP contribution in [-0.2, 0) is 11.3 Å². The number of nitrogens with one attached hydrogen (secondary N) is 1. The second kappa shape index (κ2) is 6.69. The van der Waals surface area contributed by atoms with Crippen LogP contribution in [0.15, 0.2) is 40.0 Å². The van der Waals surface area contributed by atoms with E-state index in [-0.39, 0.29) is 11.5 Å². The molecule has 6 nitrogen and oxygen atoms in total. The van der Waals surface area contributed by atoms with Crippen molar-refractivity contribution in [3.05, 3.63) is 58.2 Å². The average Bonchev–Trinajstić information content (AvgIpc) is 2.98. The second-order valence-corrected chi connectivity index (χ2v) is 4.59. The highest BCUT2D eigenvalue weighted by Gasteiger charge is 2.03. The first-order valence-corrected chi connectivity index (χ1v) is 6.60. The number of aryl methyl sites for hydroxylation is 1. The summed E-state index contributed by atoms with van der Waals surface area (Å²) in [7, 11) is 0. The molecule has 0 saturated heterocycles. The van der Waals surface area contributed by atoms with Gasteiger partial charge in [-0.2, -0.15) is 0 Å². The Balaban J connectivity index is 1.86. The standard InChI is InChI=1S/C15H17N3O3/c1-11-12(2)17-10-18(15(11)20)8-7-16-14(19)6-5-13-4-3-9-21-13/h3-6,9-10H,7-8H2,1-2H3,(H,16,19)/b6-5+. The maximum atomic E-state index is 11.9. The number of hydrogen-bond acceptors (Lipinski definition) is 4. The maximum absolute atomic E-state index is 11.9. The van der Waals surface area contributed by atoms with E-state index in [2.05, 4.69) is 10.3 Å². The molecule has 0 aromatic carbocycles. The van der Waals surface area contributed by atoms with Crippen molar-refractivity contribution in [1.29, 1.82) is 0 Å². The van der Waals surface area contributed by atoms with Crippen molar-refractivity contribution in [3.63, 3.8) is 0 Å². The highest BCUT2D eigenvalue weighted by molar-refractivity contribution is 5.91. The molecule has 21 heavy (non-hydrogen) atoms. The van der Waals surface area contributed by atoms with Crippen molar-refractivity contribution in [2.45, 2.75) is 20.4 Å². The number of furan rings is 1. The zero-order valence-electron chi connectivity index (χ0n) is 12.0. The lowest BCUT2D eigenvalue weighted by molar-refractivity contribution is -0.116. The van der Waals surface area contributed by atoms with Crippen LogP contribution >= 0.6 is 0 Å². The molecule has 6 heteroatoms. The Labute approximate surface area is 122 Å². The summed E-state index contributed by atoms with van der Waals surface area (Å²) in [4.78, 5) is 27.7. The summed E-state index contributed by atoms with van der Waals surface area (Å²) in [6, 6.07) is 3.50. The van der Waals surface area contributed by atoms with Crippen LogP contribution in [-0.4, -0.2) is 22.0 Å². The Bertz CT molecular complexity index is 699. The van der Waals surface area contributed by atoms with Crippen molar-refractivity contribution < 1.29 is 9.21 Å². The first-order valence-electron chi connectivity index (χ1n) is 6.60. The van der Waals surface area contributed by atoms with Gasteiger partial charge in [-0.1, -0.05) is 0 Å². The van der Waals surface area contributed by atoms with Crippen LogP contribution in [0.4, 0.5) is 0 Å². The summed E-state index contributed by atoms with van der Waals surface area (Å²) in [5.41, 5.74) is 1.27. The molecular formula is C15H17N3O3. The topological polar surface area (TPSA) is 77.1 Å². The molecule has 110 valence electrons. The van der Waals surface area contributed by atoms with Gasteiger partial charge >= 0.3 is 0 Å². The summed E-state index contributed by atoms with van der Waals surface area (Å²) >= 11 is 0. The minimum atomic E-state index is -0.240. The third-order valence-electron chi connectivity index (χ3n) is 3.11. The molecule has 0 atom stereocenters. The van der Waals surface area contributed by atoms with E-state index in [4.69, 9.17) is 4.42 Å². The smallest absolute Gasteiger partial charge is 0.256 e. The van der Waals surface area contributed by atoms with E-state index in [1.54, 1.807) is 32.1 Å². The van der Waals surface area contributed by atoms with E-state index >= 15 is 0 Å². The van der Waals surface area contributed by atoms with E-state index in [0.29, 0.717) is 24.4 Å². The SMILES string of the molecule is Cc1ncn(CCNC(=O)/C=C/c2ccco2)c(=O)c1C. The second-order valence-electron chi connectivity index (χ2n) is 4.59. The third kappa shape index (κ3) is 3.92. The number of amides is 1. The van der Waals surface area contributed by atoms with E-state index in [1.807, 2.05) is 0 Å². The molecule has 0 radical (unpaired) electrons. The Hall–Kier alpha value is -2.63. The summed E-state index contributed by atoms with van der Waals surface area (Å²) < 4.78 is 6.56. The first kappa shape index (κ1) is 14.8. The van der Waals surface area contributed by atoms with Crippen LogP contribution in [0, 0.1) is 13.8 Å². The summed E-state index contributed by atoms with van der Waals surface area (Å²) in [6.45, 7) is 4.27. The van der Waals surface area contributed by atoms with Crippen LogP contribution in [0.2, 0.25) is 0 Å². The predicted octanol–water partition coefficient (Wildman–Crippen LogP) is 1.28. The van der Waals surface area contributed by atoms with Crippen molar-refractivity contribution >= 4 is 12.0 Å². The molecule has 0 aliphatic carbocycles. The van der Waals surface area contributed by atoms with Gasteiger partial charge in [0.05, 0.1) is 12.6 Å². The largest absolute Gasteiger partial charge is 0.465 e. The molecule has 2 rings (SSSR count). The monoisotopic (exact) mass is 287 g/mol. The van der Waals surface area contributed by atoms with Crippen LogP contribution in [0.25, 0.3) is 6.08 Å². The van der Waals surface area contributed by atoms with Gasteiger partial charge in [0, 0.05) is 30.4 Å². The van der Waals surface area contributed by atoms with Gasteiger partial charge < -0.3 is 9.73 Å². The van der Waals surface area contributed by atoms with Gasteiger partial charge in [-0.05, 0) is 32.1 Å². The number of aromatic nitrogens is 2. The van der Waals surface area contributed by atoms with Gasteiger partial charge in [0.2, 0.25) is 5.91 Å². The normalized spacial score (nSPS) is 11.0. The van der Waals surface area contributed by atoms with Gasteiger partial charge in [-0.3, -0.25) is 14.2 Å². The lowest BCUT2D eigenvalue weighted by atomic mass is 10.3. The Morgan fingerprint density at radius 3 is 3.00 bits per heavy atom. The Kier molecular flexibility index (Phi) is 4.71.